The van der Waals surface area contributed by atoms with E-state index in [1.807, 2.05) is 48.1 Å². The Morgan fingerprint density at radius 3 is 2.38 bits per heavy atom. The SMILES string of the molecule is Cc1ccn(-c2ccc(Cl)cc2)n1. The van der Waals surface area contributed by atoms with Gasteiger partial charge in [0.1, 0.15) is 0 Å². The summed E-state index contributed by atoms with van der Waals surface area (Å²) in [5.41, 5.74) is 2.03. The van der Waals surface area contributed by atoms with Gasteiger partial charge in [0.15, 0.2) is 0 Å². The van der Waals surface area contributed by atoms with Crippen molar-refractivity contribution in [2.45, 2.75) is 6.92 Å². The molecule has 13 heavy (non-hydrogen) atoms. The van der Waals surface area contributed by atoms with E-state index in [9.17, 15) is 0 Å². The Hall–Kier alpha value is -1.28. The van der Waals surface area contributed by atoms with Gasteiger partial charge in [-0.2, -0.15) is 5.10 Å². The average molecular weight is 193 g/mol. The first-order valence-electron chi connectivity index (χ1n) is 4.04. The van der Waals surface area contributed by atoms with Gasteiger partial charge in [0.2, 0.25) is 0 Å². The molecule has 1 aromatic carbocycles. The number of hydrogen-bond acceptors (Lipinski definition) is 1. The molecular formula is C10H9ClN2. The summed E-state index contributed by atoms with van der Waals surface area (Å²) >= 11 is 5.77. The third-order valence-electron chi connectivity index (χ3n) is 1.81. The van der Waals surface area contributed by atoms with Gasteiger partial charge in [-0.25, -0.2) is 4.68 Å². The highest BCUT2D eigenvalue weighted by Gasteiger charge is 1.96. The Labute approximate surface area is 81.8 Å². The Morgan fingerprint density at radius 1 is 1.15 bits per heavy atom. The average Bonchev–Trinajstić information content (AvgIpc) is 2.53. The van der Waals surface area contributed by atoms with Crippen molar-refractivity contribution < 1.29 is 0 Å². The lowest BCUT2D eigenvalue weighted by atomic mass is 10.3. The van der Waals surface area contributed by atoms with Gasteiger partial charge in [0.25, 0.3) is 0 Å². The highest BCUT2D eigenvalue weighted by molar-refractivity contribution is 6.30. The number of hydrogen-bond donors (Lipinski definition) is 0. The number of benzene rings is 1. The molecule has 0 N–H and O–H groups in total. The summed E-state index contributed by atoms with van der Waals surface area (Å²) in [6.07, 6.45) is 1.93. The minimum absolute atomic E-state index is 0.743. The Bertz CT molecular complexity index is 403. The van der Waals surface area contributed by atoms with Gasteiger partial charge in [-0.05, 0) is 37.3 Å². The summed E-state index contributed by atoms with van der Waals surface area (Å²) in [7, 11) is 0. The van der Waals surface area contributed by atoms with Crippen LogP contribution in [0.25, 0.3) is 5.69 Å². The molecule has 0 spiro atoms. The normalized spacial score (nSPS) is 10.3. The molecule has 2 nitrogen and oxygen atoms in total. The second-order valence-electron chi connectivity index (χ2n) is 2.88. The summed E-state index contributed by atoms with van der Waals surface area (Å²) < 4.78 is 1.83. The largest absolute Gasteiger partial charge is 0.241 e. The first kappa shape index (κ1) is 8.32. The standard InChI is InChI=1S/C10H9ClN2/c1-8-6-7-13(12-8)10-4-2-9(11)3-5-10/h2-7H,1H3. The number of aromatic nitrogens is 2. The van der Waals surface area contributed by atoms with Gasteiger partial charge in [-0.1, -0.05) is 11.6 Å². The highest BCUT2D eigenvalue weighted by atomic mass is 35.5. The molecule has 0 unspecified atom stereocenters. The molecule has 0 saturated carbocycles. The maximum atomic E-state index is 5.77. The van der Waals surface area contributed by atoms with E-state index in [4.69, 9.17) is 11.6 Å². The van der Waals surface area contributed by atoms with Crippen LogP contribution in [0.1, 0.15) is 5.69 Å². The molecule has 0 amide bonds. The van der Waals surface area contributed by atoms with E-state index in [0.29, 0.717) is 0 Å². The predicted molar refractivity (Wildman–Crippen MR) is 53.3 cm³/mol. The van der Waals surface area contributed by atoms with Crippen LogP contribution in [0.5, 0.6) is 0 Å². The van der Waals surface area contributed by atoms with E-state index < -0.39 is 0 Å². The summed E-state index contributed by atoms with van der Waals surface area (Å²) in [4.78, 5) is 0. The molecule has 0 aliphatic rings. The molecule has 0 saturated heterocycles. The minimum atomic E-state index is 0.743. The van der Waals surface area contributed by atoms with E-state index in [-0.39, 0.29) is 0 Å². The molecule has 0 fully saturated rings. The molecule has 0 radical (unpaired) electrons. The van der Waals surface area contributed by atoms with Crippen molar-refractivity contribution >= 4 is 11.6 Å². The second kappa shape index (κ2) is 3.23. The first-order chi connectivity index (χ1) is 6.25. The quantitative estimate of drug-likeness (QED) is 0.680. The van der Waals surface area contributed by atoms with Crippen LogP contribution in [0.2, 0.25) is 5.02 Å². The zero-order chi connectivity index (χ0) is 9.26. The van der Waals surface area contributed by atoms with E-state index >= 15 is 0 Å². The zero-order valence-electron chi connectivity index (χ0n) is 7.24. The van der Waals surface area contributed by atoms with Crippen LogP contribution >= 0.6 is 11.6 Å². The Morgan fingerprint density at radius 2 is 1.85 bits per heavy atom. The maximum absolute atomic E-state index is 5.77. The van der Waals surface area contributed by atoms with E-state index in [0.717, 1.165) is 16.4 Å². The number of rotatable bonds is 1. The molecule has 0 aliphatic heterocycles. The third-order valence-corrected chi connectivity index (χ3v) is 2.07. The van der Waals surface area contributed by atoms with Crippen molar-refractivity contribution in [1.82, 2.24) is 9.78 Å². The Kier molecular flexibility index (Phi) is 2.07. The Balaban J connectivity index is 2.41. The summed E-state index contributed by atoms with van der Waals surface area (Å²) in [5.74, 6) is 0. The lowest BCUT2D eigenvalue weighted by Gasteiger charge is -1.99. The molecule has 0 aliphatic carbocycles. The van der Waals surface area contributed by atoms with Gasteiger partial charge in [-0.15, -0.1) is 0 Å². The van der Waals surface area contributed by atoms with E-state index in [2.05, 4.69) is 5.10 Å². The van der Waals surface area contributed by atoms with Gasteiger partial charge in [0, 0.05) is 11.2 Å². The molecular weight excluding hydrogens is 184 g/mol. The van der Waals surface area contributed by atoms with E-state index in [1.165, 1.54) is 0 Å². The van der Waals surface area contributed by atoms with Crippen molar-refractivity contribution in [1.29, 1.82) is 0 Å². The van der Waals surface area contributed by atoms with Crippen LogP contribution in [0.4, 0.5) is 0 Å². The maximum Gasteiger partial charge on any atom is 0.0646 e. The molecule has 2 aromatic rings. The molecule has 0 bridgehead atoms. The van der Waals surface area contributed by atoms with Gasteiger partial charge < -0.3 is 0 Å². The minimum Gasteiger partial charge on any atom is -0.241 e. The lowest BCUT2D eigenvalue weighted by Crippen LogP contribution is -1.93. The molecule has 0 atom stereocenters. The van der Waals surface area contributed by atoms with Crippen molar-refractivity contribution in [3.63, 3.8) is 0 Å². The predicted octanol–water partition coefficient (Wildman–Crippen LogP) is 2.83. The van der Waals surface area contributed by atoms with Crippen molar-refractivity contribution in [2.24, 2.45) is 0 Å². The van der Waals surface area contributed by atoms with Crippen LogP contribution in [0, 0.1) is 6.92 Å². The molecule has 1 heterocycles. The van der Waals surface area contributed by atoms with Crippen LogP contribution in [0.15, 0.2) is 36.5 Å². The summed E-state index contributed by atoms with van der Waals surface area (Å²) in [5, 5.41) is 5.03. The smallest absolute Gasteiger partial charge is 0.0646 e. The van der Waals surface area contributed by atoms with Crippen LogP contribution < -0.4 is 0 Å². The van der Waals surface area contributed by atoms with Crippen LogP contribution in [-0.2, 0) is 0 Å². The van der Waals surface area contributed by atoms with Crippen LogP contribution in [-0.4, -0.2) is 9.78 Å². The number of halogens is 1. The van der Waals surface area contributed by atoms with Gasteiger partial charge in [0.05, 0.1) is 11.4 Å². The molecule has 3 heteroatoms. The molecule has 2 rings (SSSR count). The van der Waals surface area contributed by atoms with Crippen molar-refractivity contribution in [3.05, 3.63) is 47.2 Å². The van der Waals surface area contributed by atoms with Gasteiger partial charge in [-0.3, -0.25) is 0 Å². The van der Waals surface area contributed by atoms with E-state index in [1.54, 1.807) is 0 Å². The fourth-order valence-corrected chi connectivity index (χ4v) is 1.28. The monoisotopic (exact) mass is 192 g/mol. The number of nitrogens with zero attached hydrogens (tertiary/aromatic N) is 2. The summed E-state index contributed by atoms with van der Waals surface area (Å²) in [6.45, 7) is 1.96. The number of aryl methyl sites for hydroxylation is 1. The second-order valence-corrected chi connectivity index (χ2v) is 3.31. The third kappa shape index (κ3) is 1.73. The molecule has 1 aromatic heterocycles. The highest BCUT2D eigenvalue weighted by Crippen LogP contribution is 2.12. The fraction of sp³-hybridized carbons (Fsp3) is 0.100. The lowest BCUT2D eigenvalue weighted by molar-refractivity contribution is 0.863. The first-order valence-corrected chi connectivity index (χ1v) is 4.42. The summed E-state index contributed by atoms with van der Waals surface area (Å²) in [6, 6.07) is 9.56. The van der Waals surface area contributed by atoms with Gasteiger partial charge >= 0.3 is 0 Å². The zero-order valence-corrected chi connectivity index (χ0v) is 7.99. The molecule has 66 valence electrons. The topological polar surface area (TPSA) is 17.8 Å². The fourth-order valence-electron chi connectivity index (χ4n) is 1.15. The van der Waals surface area contributed by atoms with Crippen molar-refractivity contribution in [2.75, 3.05) is 0 Å². The van der Waals surface area contributed by atoms with Crippen LogP contribution in [0.3, 0.4) is 0 Å². The van der Waals surface area contributed by atoms with Crippen molar-refractivity contribution in [3.8, 4) is 5.69 Å².